The molecule has 254 valence electrons. The minimum atomic E-state index is -1.59. The van der Waals surface area contributed by atoms with Crippen molar-refractivity contribution in [2.45, 2.75) is 37.5 Å². The minimum Gasteiger partial charge on any atom is -0.508 e. The number of phenolic OH excluding ortho intramolecular Hbond substituents is 1. The van der Waals surface area contributed by atoms with Crippen LogP contribution >= 0.6 is 23.2 Å². The van der Waals surface area contributed by atoms with Crippen molar-refractivity contribution in [2.24, 2.45) is 23.7 Å². The van der Waals surface area contributed by atoms with E-state index in [1.165, 1.54) is 31.3 Å². The Morgan fingerprint density at radius 2 is 1.61 bits per heavy atom. The molecule has 7 rings (SSSR count). The number of anilines is 1. The number of imide groups is 2. The number of amides is 4. The fourth-order valence-corrected chi connectivity index (χ4v) is 9.04. The lowest BCUT2D eigenvalue weighted by molar-refractivity contribution is -0.141. The van der Waals surface area contributed by atoms with E-state index in [1.807, 2.05) is 13.0 Å². The molecule has 4 aliphatic rings. The van der Waals surface area contributed by atoms with E-state index in [-0.39, 0.29) is 35.4 Å². The molecule has 3 aromatic carbocycles. The average Bonchev–Trinajstić information content (AvgIpc) is 3.47. The number of nitrogens with one attached hydrogen (secondary N) is 1. The third kappa shape index (κ3) is 4.90. The van der Waals surface area contributed by atoms with Gasteiger partial charge in [0, 0.05) is 23.0 Å². The van der Waals surface area contributed by atoms with Crippen LogP contribution < -0.4 is 14.9 Å². The van der Waals surface area contributed by atoms with Crippen LogP contribution in [-0.4, -0.2) is 59.4 Å². The summed E-state index contributed by atoms with van der Waals surface area (Å²) in [7, 11) is 3.04. The maximum atomic E-state index is 15.3. The standard InChI is InChI=1S/C37H35Cl2N3O7/c1-4-15-41-33(44)24-12-11-23-25(31(24)35(41)46)18-27-34(45)42(40-29-13-7-20(38)16-28(29)39)36(47)37(27,19-5-8-21(48-2)9-6-19)32(23)26-17-22(49-3)10-14-30(26)43/h5-11,13-14,16-17,24-25,27,31-32,40,43H,4,12,15,18H2,1-3H3/t24-,25+,27-,31-,32+,37+/m0/s1. The second-order valence-electron chi connectivity index (χ2n) is 13.0. The number of benzene rings is 3. The van der Waals surface area contributed by atoms with E-state index in [1.54, 1.807) is 48.5 Å². The first kappa shape index (κ1) is 33.0. The molecule has 2 aliphatic heterocycles. The first-order valence-corrected chi connectivity index (χ1v) is 17.0. The van der Waals surface area contributed by atoms with Crippen LogP contribution in [0.5, 0.6) is 17.2 Å². The molecule has 0 aromatic heterocycles. The van der Waals surface area contributed by atoms with Gasteiger partial charge in [-0.05, 0) is 79.3 Å². The highest BCUT2D eigenvalue weighted by atomic mass is 35.5. The van der Waals surface area contributed by atoms with Gasteiger partial charge in [0.1, 0.15) is 17.2 Å². The normalized spacial score (nSPS) is 27.4. The Labute approximate surface area is 293 Å². The lowest BCUT2D eigenvalue weighted by Gasteiger charge is -2.50. The highest BCUT2D eigenvalue weighted by Gasteiger charge is 2.70. The molecule has 49 heavy (non-hydrogen) atoms. The van der Waals surface area contributed by atoms with Crippen LogP contribution in [0.4, 0.5) is 5.69 Å². The van der Waals surface area contributed by atoms with Gasteiger partial charge in [-0.1, -0.05) is 53.9 Å². The number of rotatable bonds is 8. The number of hydrazine groups is 1. The van der Waals surface area contributed by atoms with Gasteiger partial charge < -0.3 is 14.6 Å². The van der Waals surface area contributed by atoms with Crippen LogP contribution in [-0.2, 0) is 24.6 Å². The number of nitrogens with zero attached hydrogens (tertiary/aromatic N) is 2. The molecule has 12 heteroatoms. The van der Waals surface area contributed by atoms with Gasteiger partial charge >= 0.3 is 0 Å². The summed E-state index contributed by atoms with van der Waals surface area (Å²) in [5, 5.41) is 13.1. The lowest BCUT2D eigenvalue weighted by atomic mass is 9.49. The number of aromatic hydroxyl groups is 1. The van der Waals surface area contributed by atoms with Crippen molar-refractivity contribution >= 4 is 52.5 Å². The largest absolute Gasteiger partial charge is 0.508 e. The number of carbonyl (C=O) groups is 4. The molecule has 4 amide bonds. The fourth-order valence-electron chi connectivity index (χ4n) is 8.59. The Morgan fingerprint density at radius 1 is 0.898 bits per heavy atom. The summed E-state index contributed by atoms with van der Waals surface area (Å²) in [6.45, 7) is 2.22. The van der Waals surface area contributed by atoms with E-state index in [4.69, 9.17) is 32.7 Å². The summed E-state index contributed by atoms with van der Waals surface area (Å²) >= 11 is 12.7. The number of phenols is 1. The van der Waals surface area contributed by atoms with E-state index in [9.17, 15) is 19.5 Å². The number of carbonyl (C=O) groups excluding carboxylic acids is 4. The van der Waals surface area contributed by atoms with Gasteiger partial charge in [0.15, 0.2) is 0 Å². The van der Waals surface area contributed by atoms with Crippen molar-refractivity contribution in [3.63, 3.8) is 0 Å². The Hall–Kier alpha value is -4.54. The Balaban J connectivity index is 1.48. The van der Waals surface area contributed by atoms with Crippen molar-refractivity contribution in [3.05, 3.63) is 93.5 Å². The van der Waals surface area contributed by atoms with Crippen LogP contribution in [0, 0.1) is 23.7 Å². The van der Waals surface area contributed by atoms with Crippen molar-refractivity contribution in [3.8, 4) is 17.2 Å². The van der Waals surface area contributed by atoms with Crippen LogP contribution in [0.1, 0.15) is 43.2 Å². The van der Waals surface area contributed by atoms with E-state index in [0.29, 0.717) is 46.3 Å². The van der Waals surface area contributed by atoms with Gasteiger partial charge in [0.2, 0.25) is 11.8 Å². The molecule has 0 unspecified atom stereocenters. The number of halogens is 2. The van der Waals surface area contributed by atoms with E-state index in [2.05, 4.69) is 5.43 Å². The Kier molecular flexibility index (Phi) is 8.35. The molecule has 0 bridgehead atoms. The summed E-state index contributed by atoms with van der Waals surface area (Å²) in [5.74, 6) is -4.45. The zero-order chi connectivity index (χ0) is 34.8. The van der Waals surface area contributed by atoms with Gasteiger partial charge in [-0.2, -0.15) is 5.01 Å². The lowest BCUT2D eigenvalue weighted by Crippen LogP contribution is -2.53. The average molecular weight is 705 g/mol. The molecule has 10 nitrogen and oxygen atoms in total. The maximum Gasteiger partial charge on any atom is 0.260 e. The molecule has 2 aliphatic carbocycles. The first-order valence-electron chi connectivity index (χ1n) is 16.2. The van der Waals surface area contributed by atoms with E-state index < -0.39 is 46.8 Å². The number of hydrogen-bond acceptors (Lipinski definition) is 8. The van der Waals surface area contributed by atoms with Crippen molar-refractivity contribution in [2.75, 3.05) is 26.2 Å². The highest BCUT2D eigenvalue weighted by Crippen LogP contribution is 2.65. The third-order valence-corrected chi connectivity index (χ3v) is 11.2. The zero-order valence-corrected chi connectivity index (χ0v) is 28.6. The fraction of sp³-hybridized carbons (Fsp3) is 0.351. The number of fused-ring (bicyclic) bond motifs is 4. The molecule has 6 atom stereocenters. The summed E-state index contributed by atoms with van der Waals surface area (Å²) in [5.41, 5.74) is 3.28. The number of ether oxygens (including phenoxy) is 2. The van der Waals surface area contributed by atoms with Crippen molar-refractivity contribution in [1.82, 2.24) is 9.91 Å². The van der Waals surface area contributed by atoms with Crippen molar-refractivity contribution in [1.29, 1.82) is 0 Å². The quantitative estimate of drug-likeness (QED) is 0.213. The number of hydrogen-bond donors (Lipinski definition) is 2. The third-order valence-electron chi connectivity index (χ3n) is 10.7. The van der Waals surface area contributed by atoms with Gasteiger partial charge in [-0.3, -0.25) is 29.5 Å². The Morgan fingerprint density at radius 3 is 2.29 bits per heavy atom. The minimum absolute atomic E-state index is 0.102. The Bertz CT molecular complexity index is 1910. The molecule has 0 spiro atoms. The molecule has 3 fully saturated rings. The van der Waals surface area contributed by atoms with Gasteiger partial charge in [0.25, 0.3) is 11.8 Å². The number of allylic oxidation sites excluding steroid dienone is 2. The number of methoxy groups -OCH3 is 2. The van der Waals surface area contributed by atoms with Crippen LogP contribution in [0.3, 0.4) is 0 Å². The van der Waals surface area contributed by atoms with Gasteiger partial charge in [-0.25, -0.2) is 0 Å². The molecular weight excluding hydrogens is 669 g/mol. The summed E-state index contributed by atoms with van der Waals surface area (Å²) in [6.07, 6.45) is 2.97. The highest BCUT2D eigenvalue weighted by molar-refractivity contribution is 6.36. The monoisotopic (exact) mass is 703 g/mol. The predicted octanol–water partition coefficient (Wildman–Crippen LogP) is 6.11. The summed E-state index contributed by atoms with van der Waals surface area (Å²) in [6, 6.07) is 16.4. The topological polar surface area (TPSA) is 125 Å². The molecule has 0 radical (unpaired) electrons. The van der Waals surface area contributed by atoms with Crippen LogP contribution in [0.15, 0.2) is 72.3 Å². The van der Waals surface area contributed by atoms with E-state index in [0.717, 1.165) is 10.6 Å². The molecule has 2 saturated heterocycles. The molecule has 2 heterocycles. The molecule has 1 saturated carbocycles. The first-order chi connectivity index (χ1) is 23.6. The zero-order valence-electron chi connectivity index (χ0n) is 27.1. The van der Waals surface area contributed by atoms with E-state index >= 15 is 4.79 Å². The smallest absolute Gasteiger partial charge is 0.260 e. The molecule has 2 N–H and O–H groups in total. The SMILES string of the molecule is CCCN1C(=O)[C@H]2[C@H](CC=C3[C@H]2C[C@H]2C(=O)N(Nc4ccc(Cl)cc4Cl)C(=O)[C@@]2(c2ccc(OC)cc2)[C@H]3c2cc(OC)ccc2O)C1=O. The number of likely N-dealkylation sites (tertiary alicyclic amines) is 1. The van der Waals surface area contributed by atoms with Crippen molar-refractivity contribution < 1.29 is 33.8 Å². The summed E-state index contributed by atoms with van der Waals surface area (Å²) in [4.78, 5) is 59.0. The maximum absolute atomic E-state index is 15.3. The van der Waals surface area contributed by atoms with Gasteiger partial charge in [-0.15, -0.1) is 0 Å². The van der Waals surface area contributed by atoms with Gasteiger partial charge in [0.05, 0.1) is 48.1 Å². The van der Waals surface area contributed by atoms with Crippen LogP contribution in [0.2, 0.25) is 10.0 Å². The molecular formula is C37H35Cl2N3O7. The summed E-state index contributed by atoms with van der Waals surface area (Å²) < 4.78 is 11.0. The predicted molar refractivity (Wildman–Crippen MR) is 182 cm³/mol. The molecule has 3 aromatic rings. The second-order valence-corrected chi connectivity index (χ2v) is 13.8. The second kappa shape index (κ2) is 12.4. The van der Waals surface area contributed by atoms with Crippen LogP contribution in [0.25, 0.3) is 0 Å².